The Labute approximate surface area is 195 Å². The number of anilines is 1. The highest BCUT2D eigenvalue weighted by atomic mass is 35.6. The minimum Gasteiger partial charge on any atom is -0.361 e. The SMILES string of the molecule is CC1(C)[C@H](C=C(Cl)Cl)[C@@H]1C(=O)N[C@@H](Nc1cc(C(F)(F)F)ccc1Cl)C(Cl)(Cl)Cl. The van der Waals surface area contributed by atoms with Crippen LogP contribution < -0.4 is 10.6 Å². The summed E-state index contributed by atoms with van der Waals surface area (Å²) >= 11 is 35.1. The number of carbonyl (C=O) groups is 1. The highest BCUT2D eigenvalue weighted by Gasteiger charge is 2.61. The summed E-state index contributed by atoms with van der Waals surface area (Å²) in [6.07, 6.45) is -4.43. The van der Waals surface area contributed by atoms with Gasteiger partial charge in [0.2, 0.25) is 9.70 Å². The fourth-order valence-corrected chi connectivity index (χ4v) is 3.80. The lowest BCUT2D eigenvalue weighted by Gasteiger charge is -2.28. The topological polar surface area (TPSA) is 41.1 Å². The molecule has 29 heavy (non-hydrogen) atoms. The Hall–Kier alpha value is -0.240. The first-order chi connectivity index (χ1) is 13.0. The fraction of sp³-hybridized carbons (Fsp3) is 0.471. The zero-order chi connectivity index (χ0) is 22.4. The number of allylic oxidation sites excluding steroid dienone is 1. The van der Waals surface area contributed by atoms with Crippen LogP contribution in [0.5, 0.6) is 0 Å². The number of benzene rings is 1. The Kier molecular flexibility index (Phi) is 7.52. The maximum Gasteiger partial charge on any atom is 0.416 e. The molecule has 0 saturated heterocycles. The van der Waals surface area contributed by atoms with E-state index >= 15 is 0 Å². The quantitative estimate of drug-likeness (QED) is 0.312. The van der Waals surface area contributed by atoms with Crippen molar-refractivity contribution in [2.45, 2.75) is 30.0 Å². The van der Waals surface area contributed by atoms with E-state index in [0.717, 1.165) is 18.2 Å². The van der Waals surface area contributed by atoms with E-state index in [1.54, 1.807) is 0 Å². The van der Waals surface area contributed by atoms with Crippen LogP contribution in [0.2, 0.25) is 5.02 Å². The van der Waals surface area contributed by atoms with Gasteiger partial charge in [-0.1, -0.05) is 83.5 Å². The van der Waals surface area contributed by atoms with Crippen molar-refractivity contribution >= 4 is 81.2 Å². The normalized spacial score (nSPS) is 21.9. The average Bonchev–Trinajstić information content (AvgIpc) is 3.06. The zero-order valence-electron chi connectivity index (χ0n) is 14.9. The molecule has 3 nitrogen and oxygen atoms in total. The molecule has 1 aliphatic rings. The molecule has 2 N–H and O–H groups in total. The highest BCUT2D eigenvalue weighted by molar-refractivity contribution is 6.68. The van der Waals surface area contributed by atoms with E-state index in [2.05, 4.69) is 10.6 Å². The zero-order valence-corrected chi connectivity index (χ0v) is 19.4. The van der Waals surface area contributed by atoms with Crippen LogP contribution in [0.15, 0.2) is 28.8 Å². The Morgan fingerprint density at radius 3 is 2.28 bits per heavy atom. The van der Waals surface area contributed by atoms with Crippen LogP contribution in [-0.2, 0) is 11.0 Å². The number of nitrogens with one attached hydrogen (secondary N) is 2. The van der Waals surface area contributed by atoms with Crippen LogP contribution in [0, 0.1) is 17.3 Å². The lowest BCUT2D eigenvalue weighted by atomic mass is 10.1. The van der Waals surface area contributed by atoms with E-state index < -0.39 is 38.9 Å². The summed E-state index contributed by atoms with van der Waals surface area (Å²) in [5.41, 5.74) is -1.57. The van der Waals surface area contributed by atoms with Gasteiger partial charge in [0.05, 0.1) is 22.2 Å². The number of amides is 1. The second kappa shape index (κ2) is 8.71. The highest BCUT2D eigenvalue weighted by Crippen LogP contribution is 2.59. The van der Waals surface area contributed by atoms with Gasteiger partial charge in [-0.25, -0.2) is 0 Å². The number of hydrogen-bond acceptors (Lipinski definition) is 2. The standard InChI is InChI=1S/C17H15Cl6F3N2O/c1-15(2)8(6-11(19)20)12(15)13(29)28-14(16(21,22)23)27-10-5-7(17(24,25)26)3-4-9(10)18/h3-6,8,12,14,27H,1-2H3,(H,28,29)/t8-,12-,14-/m1/s1. The van der Waals surface area contributed by atoms with Crippen molar-refractivity contribution in [1.82, 2.24) is 5.32 Å². The molecule has 3 atom stereocenters. The predicted molar refractivity (Wildman–Crippen MR) is 113 cm³/mol. The Bertz CT molecular complexity index is 818. The number of alkyl halides is 6. The minimum atomic E-state index is -4.60. The van der Waals surface area contributed by atoms with Crippen molar-refractivity contribution < 1.29 is 18.0 Å². The molecular weight excluding hydrogens is 518 g/mol. The Morgan fingerprint density at radius 1 is 1.21 bits per heavy atom. The first-order valence-electron chi connectivity index (χ1n) is 8.08. The van der Waals surface area contributed by atoms with Crippen LogP contribution in [0.25, 0.3) is 0 Å². The summed E-state index contributed by atoms with van der Waals surface area (Å²) in [7, 11) is 0. The number of halogens is 9. The van der Waals surface area contributed by atoms with Crippen molar-refractivity contribution in [3.8, 4) is 0 Å². The summed E-state index contributed by atoms with van der Waals surface area (Å²) in [5, 5.41) is 5.03. The molecule has 1 saturated carbocycles. The first-order valence-corrected chi connectivity index (χ1v) is 10.3. The predicted octanol–water partition coefficient (Wildman–Crippen LogP) is 7.17. The van der Waals surface area contributed by atoms with Crippen LogP contribution in [0.3, 0.4) is 0 Å². The van der Waals surface area contributed by atoms with Crippen molar-refractivity contribution in [3.63, 3.8) is 0 Å². The maximum absolute atomic E-state index is 13.0. The summed E-state index contributed by atoms with van der Waals surface area (Å²) in [5.74, 6) is -1.26. The van der Waals surface area contributed by atoms with E-state index in [1.807, 2.05) is 13.8 Å². The molecule has 0 radical (unpaired) electrons. The second-order valence-electron chi connectivity index (χ2n) is 7.10. The molecule has 0 bridgehead atoms. The smallest absolute Gasteiger partial charge is 0.361 e. The van der Waals surface area contributed by atoms with Crippen LogP contribution in [0.1, 0.15) is 19.4 Å². The molecule has 1 aliphatic carbocycles. The fourth-order valence-electron chi connectivity index (χ4n) is 3.02. The Morgan fingerprint density at radius 2 is 1.79 bits per heavy atom. The van der Waals surface area contributed by atoms with Crippen LogP contribution in [-0.4, -0.2) is 15.9 Å². The van der Waals surface area contributed by atoms with Gasteiger partial charge in [0.25, 0.3) is 0 Å². The van der Waals surface area contributed by atoms with Gasteiger partial charge in [0.1, 0.15) is 10.7 Å². The second-order valence-corrected chi connectivity index (χ2v) is 10.9. The van der Waals surface area contributed by atoms with Gasteiger partial charge in [-0.3, -0.25) is 4.79 Å². The molecule has 0 aliphatic heterocycles. The van der Waals surface area contributed by atoms with Crippen LogP contribution >= 0.6 is 69.6 Å². The third kappa shape index (κ3) is 6.14. The number of hydrogen-bond donors (Lipinski definition) is 2. The van der Waals surface area contributed by atoms with Gasteiger partial charge < -0.3 is 10.6 Å². The molecule has 12 heteroatoms. The molecule has 162 valence electrons. The van der Waals surface area contributed by atoms with Gasteiger partial charge in [-0.2, -0.15) is 13.2 Å². The molecule has 1 fully saturated rings. The van der Waals surface area contributed by atoms with Crippen LogP contribution in [0.4, 0.5) is 18.9 Å². The van der Waals surface area contributed by atoms with E-state index in [9.17, 15) is 18.0 Å². The molecule has 0 aromatic heterocycles. The third-order valence-corrected chi connectivity index (χ3v) is 5.94. The molecule has 1 amide bonds. The molecule has 2 rings (SSSR count). The summed E-state index contributed by atoms with van der Waals surface area (Å²) in [4.78, 5) is 12.7. The average molecular weight is 533 g/mol. The largest absolute Gasteiger partial charge is 0.416 e. The van der Waals surface area contributed by atoms with Crippen molar-refractivity contribution in [1.29, 1.82) is 0 Å². The molecular formula is C17H15Cl6F3N2O. The van der Waals surface area contributed by atoms with Crippen molar-refractivity contribution in [2.75, 3.05) is 5.32 Å². The van der Waals surface area contributed by atoms with Gasteiger partial charge in [-0.05, 0) is 35.6 Å². The summed E-state index contributed by atoms with van der Waals surface area (Å²) in [6.45, 7) is 3.66. The maximum atomic E-state index is 13.0. The van der Waals surface area contributed by atoms with Crippen molar-refractivity contribution in [3.05, 3.63) is 39.4 Å². The molecule has 1 aromatic carbocycles. The van der Waals surface area contributed by atoms with E-state index in [-0.39, 0.29) is 21.1 Å². The minimum absolute atomic E-state index is 0.0187. The first kappa shape index (κ1) is 25.0. The molecule has 0 spiro atoms. The van der Waals surface area contributed by atoms with E-state index in [4.69, 9.17) is 69.6 Å². The number of carbonyl (C=O) groups excluding carboxylic acids is 1. The molecule has 1 aromatic rings. The van der Waals surface area contributed by atoms with E-state index in [0.29, 0.717) is 0 Å². The number of rotatable bonds is 5. The van der Waals surface area contributed by atoms with Gasteiger partial charge in [0, 0.05) is 0 Å². The van der Waals surface area contributed by atoms with E-state index in [1.165, 1.54) is 6.08 Å². The Balaban J connectivity index is 2.24. The van der Waals surface area contributed by atoms with Crippen molar-refractivity contribution in [2.24, 2.45) is 17.3 Å². The lowest BCUT2D eigenvalue weighted by Crippen LogP contribution is -2.50. The van der Waals surface area contributed by atoms with Gasteiger partial charge >= 0.3 is 6.18 Å². The molecule has 0 unspecified atom stereocenters. The third-order valence-electron chi connectivity index (χ3n) is 4.71. The summed E-state index contributed by atoms with van der Waals surface area (Å²) in [6, 6.07) is 2.63. The molecule has 0 heterocycles. The van der Waals surface area contributed by atoms with Gasteiger partial charge in [-0.15, -0.1) is 0 Å². The monoisotopic (exact) mass is 530 g/mol. The van der Waals surface area contributed by atoms with Gasteiger partial charge in [0.15, 0.2) is 0 Å². The lowest BCUT2D eigenvalue weighted by molar-refractivity contribution is -0.137. The summed E-state index contributed by atoms with van der Waals surface area (Å²) < 4.78 is 36.9.